The monoisotopic (exact) mass is 501 g/mol. The number of quaternary nitrogens is 1. The molecule has 4 rings (SSSR count). The van der Waals surface area contributed by atoms with Crippen molar-refractivity contribution in [2.75, 3.05) is 19.6 Å². The molecule has 1 amide bonds. The first-order valence-electron chi connectivity index (χ1n) is 12.4. The minimum atomic E-state index is -0.822. The maximum Gasteiger partial charge on any atom is 0.459 e. The summed E-state index contributed by atoms with van der Waals surface area (Å²) in [6.07, 6.45) is 9.91. The van der Waals surface area contributed by atoms with Crippen LogP contribution in [0.5, 0.6) is 0 Å². The number of hydroxylamine groups is 3. The van der Waals surface area contributed by atoms with Gasteiger partial charge in [0, 0.05) is 24.7 Å². The number of carbonyl (C=O) groups is 1. The molecule has 0 radical (unpaired) electrons. The normalized spacial score (nSPS) is 21.0. The second-order valence-electron chi connectivity index (χ2n) is 9.65. The van der Waals surface area contributed by atoms with Crippen LogP contribution in [-0.2, 0) is 11.3 Å². The lowest BCUT2D eigenvalue weighted by Crippen LogP contribution is -2.57. The van der Waals surface area contributed by atoms with Gasteiger partial charge in [0.15, 0.2) is 0 Å². The van der Waals surface area contributed by atoms with E-state index < -0.39 is 6.09 Å². The van der Waals surface area contributed by atoms with Gasteiger partial charge in [-0.3, -0.25) is 4.84 Å². The SMILES string of the molecule is C#CC1(Cc2ccccc2)CC[N+](CCC=C(c2ccc(F)cc2)c2ccc(F)cc2)(OC(N)=O)CC1. The molecule has 0 aromatic heterocycles. The molecule has 37 heavy (non-hydrogen) atoms. The zero-order chi connectivity index (χ0) is 26.3. The molecule has 0 unspecified atom stereocenters. The second-order valence-corrected chi connectivity index (χ2v) is 9.65. The molecule has 0 spiro atoms. The Kier molecular flexibility index (Phi) is 8.05. The number of benzene rings is 3. The van der Waals surface area contributed by atoms with Crippen LogP contribution in [-0.4, -0.2) is 30.4 Å². The minimum absolute atomic E-state index is 0.0875. The van der Waals surface area contributed by atoms with E-state index in [9.17, 15) is 13.6 Å². The highest BCUT2D eigenvalue weighted by molar-refractivity contribution is 5.79. The predicted molar refractivity (Wildman–Crippen MR) is 141 cm³/mol. The van der Waals surface area contributed by atoms with E-state index in [4.69, 9.17) is 17.0 Å². The van der Waals surface area contributed by atoms with Crippen molar-refractivity contribution in [2.45, 2.75) is 25.7 Å². The van der Waals surface area contributed by atoms with Crippen LogP contribution in [0.4, 0.5) is 13.6 Å². The maximum absolute atomic E-state index is 13.6. The highest BCUT2D eigenvalue weighted by Crippen LogP contribution is 2.38. The minimum Gasteiger partial charge on any atom is -0.330 e. The van der Waals surface area contributed by atoms with E-state index in [1.54, 1.807) is 24.3 Å². The van der Waals surface area contributed by atoms with Gasteiger partial charge in [-0.05, 0) is 52.9 Å². The van der Waals surface area contributed by atoms with Gasteiger partial charge in [-0.25, -0.2) is 13.6 Å². The molecule has 3 aromatic rings. The number of primary amides is 1. The van der Waals surface area contributed by atoms with Gasteiger partial charge in [-0.1, -0.05) is 66.6 Å². The fourth-order valence-corrected chi connectivity index (χ4v) is 5.09. The highest BCUT2D eigenvalue weighted by atomic mass is 19.1. The molecule has 0 saturated carbocycles. The number of nitrogens with two attached hydrogens (primary N) is 1. The van der Waals surface area contributed by atoms with Crippen LogP contribution < -0.4 is 5.73 Å². The van der Waals surface area contributed by atoms with E-state index in [0.717, 1.165) is 23.1 Å². The molecule has 1 aliphatic heterocycles. The van der Waals surface area contributed by atoms with Crippen molar-refractivity contribution in [1.82, 2.24) is 0 Å². The summed E-state index contributed by atoms with van der Waals surface area (Å²) in [6.45, 7) is 1.60. The summed E-state index contributed by atoms with van der Waals surface area (Å²) >= 11 is 0. The number of rotatable bonds is 8. The Hall–Kier alpha value is -3.95. The molecule has 190 valence electrons. The fraction of sp³-hybridized carbons (Fsp3) is 0.258. The summed E-state index contributed by atoms with van der Waals surface area (Å²) < 4.78 is 27.2. The topological polar surface area (TPSA) is 52.3 Å². The Morgan fingerprint density at radius 1 is 0.946 bits per heavy atom. The molecule has 1 saturated heterocycles. The lowest BCUT2D eigenvalue weighted by molar-refractivity contribution is -1.09. The molecule has 3 aromatic carbocycles. The lowest BCUT2D eigenvalue weighted by Gasteiger charge is -2.43. The molecule has 1 heterocycles. The molecular formula is C31H31F2N2O2+. The summed E-state index contributed by atoms with van der Waals surface area (Å²) in [5, 5.41) is 0. The molecule has 2 N–H and O–H groups in total. The molecule has 0 bridgehead atoms. The van der Waals surface area contributed by atoms with Crippen LogP contribution in [0.2, 0.25) is 0 Å². The van der Waals surface area contributed by atoms with Crippen LogP contribution in [0.25, 0.3) is 5.57 Å². The van der Waals surface area contributed by atoms with Crippen molar-refractivity contribution in [3.63, 3.8) is 0 Å². The van der Waals surface area contributed by atoms with Gasteiger partial charge in [-0.15, -0.1) is 11.1 Å². The third-order valence-corrected chi connectivity index (χ3v) is 7.17. The van der Waals surface area contributed by atoms with Crippen LogP contribution in [0.15, 0.2) is 84.9 Å². The summed E-state index contributed by atoms with van der Waals surface area (Å²) in [5.74, 6) is 2.37. The van der Waals surface area contributed by atoms with E-state index >= 15 is 0 Å². The number of nitrogens with zero attached hydrogens (tertiary/aromatic N) is 1. The number of likely N-dealkylation sites (tertiary alicyclic amines) is 1. The highest BCUT2D eigenvalue weighted by Gasteiger charge is 2.44. The van der Waals surface area contributed by atoms with Gasteiger partial charge >= 0.3 is 6.09 Å². The van der Waals surface area contributed by atoms with Crippen LogP contribution >= 0.6 is 0 Å². The van der Waals surface area contributed by atoms with Gasteiger partial charge < -0.3 is 5.73 Å². The largest absolute Gasteiger partial charge is 0.459 e. The Labute approximate surface area is 216 Å². The first-order chi connectivity index (χ1) is 17.8. The zero-order valence-corrected chi connectivity index (χ0v) is 20.7. The van der Waals surface area contributed by atoms with E-state index in [1.807, 2.05) is 24.3 Å². The molecule has 1 aliphatic rings. The molecule has 0 aliphatic carbocycles. The van der Waals surface area contributed by atoms with Gasteiger partial charge in [0.05, 0.1) is 0 Å². The van der Waals surface area contributed by atoms with Crippen molar-refractivity contribution in [1.29, 1.82) is 0 Å². The average Bonchev–Trinajstić information content (AvgIpc) is 2.90. The standard InChI is InChI=1S/C31H30F2N2O2/c1-2-31(23-24-7-4-3-5-8-24)18-21-35(22-19-31,37-30(34)36)20-6-9-29(25-10-14-27(32)15-11-25)26-12-16-28(33)17-13-26/h1,3-5,7-17H,6,18-23H2,(H-,34,36)/p+1. The second kappa shape index (κ2) is 11.4. The Bertz CT molecular complexity index is 1220. The Morgan fingerprint density at radius 3 is 1.97 bits per heavy atom. The first kappa shape index (κ1) is 26.1. The van der Waals surface area contributed by atoms with Crippen molar-refractivity contribution < 1.29 is 23.1 Å². The summed E-state index contributed by atoms with van der Waals surface area (Å²) in [6, 6.07) is 22.5. The van der Waals surface area contributed by atoms with Crippen molar-refractivity contribution in [3.05, 3.63) is 113 Å². The number of hydrogen-bond donors (Lipinski definition) is 1. The van der Waals surface area contributed by atoms with Gasteiger partial charge in [-0.2, -0.15) is 0 Å². The lowest BCUT2D eigenvalue weighted by atomic mass is 9.74. The van der Waals surface area contributed by atoms with Gasteiger partial charge in [0.25, 0.3) is 0 Å². The third kappa shape index (κ3) is 6.63. The van der Waals surface area contributed by atoms with Crippen LogP contribution in [0, 0.1) is 29.4 Å². The molecule has 1 fully saturated rings. The molecule has 6 heteroatoms. The number of piperidine rings is 1. The number of amides is 1. The number of carbonyl (C=O) groups excluding carboxylic acids is 1. The zero-order valence-electron chi connectivity index (χ0n) is 20.7. The number of halogens is 2. The third-order valence-electron chi connectivity index (χ3n) is 7.17. The van der Waals surface area contributed by atoms with E-state index in [1.165, 1.54) is 29.8 Å². The van der Waals surface area contributed by atoms with Crippen LogP contribution in [0.3, 0.4) is 0 Å². The average molecular weight is 502 g/mol. The van der Waals surface area contributed by atoms with Gasteiger partial charge in [0.2, 0.25) is 0 Å². The summed E-state index contributed by atoms with van der Waals surface area (Å²) in [4.78, 5) is 17.5. The van der Waals surface area contributed by atoms with Crippen molar-refractivity contribution >= 4 is 11.7 Å². The quantitative estimate of drug-likeness (QED) is 0.292. The van der Waals surface area contributed by atoms with E-state index in [2.05, 4.69) is 18.1 Å². The number of hydrogen-bond acceptors (Lipinski definition) is 2. The fourth-order valence-electron chi connectivity index (χ4n) is 5.09. The van der Waals surface area contributed by atoms with Crippen molar-refractivity contribution in [3.8, 4) is 12.3 Å². The van der Waals surface area contributed by atoms with E-state index in [-0.39, 0.29) is 21.7 Å². The molecule has 0 atom stereocenters. The smallest absolute Gasteiger partial charge is 0.330 e. The number of terminal acetylenes is 1. The van der Waals surface area contributed by atoms with Crippen molar-refractivity contribution in [2.24, 2.45) is 11.1 Å². The molecule has 4 nitrogen and oxygen atoms in total. The molecular weight excluding hydrogens is 470 g/mol. The summed E-state index contributed by atoms with van der Waals surface area (Å²) in [5.41, 5.74) is 8.80. The predicted octanol–water partition coefficient (Wildman–Crippen LogP) is 6.27. The maximum atomic E-state index is 13.6. The van der Waals surface area contributed by atoms with E-state index in [0.29, 0.717) is 38.9 Å². The Morgan fingerprint density at radius 2 is 1.49 bits per heavy atom. The Balaban J connectivity index is 1.54. The first-order valence-corrected chi connectivity index (χ1v) is 12.4. The summed E-state index contributed by atoms with van der Waals surface area (Å²) in [7, 11) is 0. The van der Waals surface area contributed by atoms with Gasteiger partial charge in [0.1, 0.15) is 31.3 Å². The van der Waals surface area contributed by atoms with Crippen LogP contribution in [0.1, 0.15) is 36.0 Å².